The average Bonchev–Trinajstić information content (AvgIpc) is 3.74. The first-order valence-corrected chi connectivity index (χ1v) is 18.1. The summed E-state index contributed by atoms with van der Waals surface area (Å²) in [6.45, 7) is 4.98. The van der Waals surface area contributed by atoms with Gasteiger partial charge in [0.15, 0.2) is 0 Å². The molecule has 0 spiro atoms. The molecule has 1 aliphatic heterocycles. The molecule has 7 nitrogen and oxygen atoms in total. The Morgan fingerprint density at radius 1 is 1.02 bits per heavy atom. The minimum absolute atomic E-state index is 0.00868. The monoisotopic (exact) mass is 616 g/mol. The first-order chi connectivity index (χ1) is 21.0. The second kappa shape index (κ2) is 13.0. The van der Waals surface area contributed by atoms with E-state index >= 15 is 0 Å². The predicted octanol–water partition coefficient (Wildman–Crippen LogP) is 4.19. The summed E-state index contributed by atoms with van der Waals surface area (Å²) in [7, 11) is -0.0352. The van der Waals surface area contributed by atoms with E-state index in [-0.39, 0.29) is 23.7 Å². The van der Waals surface area contributed by atoms with Crippen LogP contribution < -0.4 is 15.7 Å². The predicted molar refractivity (Wildman–Crippen MR) is 175 cm³/mol. The summed E-state index contributed by atoms with van der Waals surface area (Å²) in [5.41, 5.74) is -1.06. The summed E-state index contributed by atoms with van der Waals surface area (Å²) in [5.74, 6) is -1.63. The first kappa shape index (κ1) is 32.2. The summed E-state index contributed by atoms with van der Waals surface area (Å²) in [4.78, 5) is 55.4. The molecule has 236 valence electrons. The van der Waals surface area contributed by atoms with E-state index in [0.29, 0.717) is 32.2 Å². The minimum atomic E-state index is -3.23. The number of esters is 1. The van der Waals surface area contributed by atoms with Gasteiger partial charge in [-0.15, -0.1) is 0 Å². The highest BCUT2D eigenvalue weighted by atomic mass is 28.4. The second-order valence-corrected chi connectivity index (χ2v) is 17.8. The second-order valence-electron chi connectivity index (χ2n) is 13.9. The third kappa shape index (κ3) is 6.16. The Hall–Kier alpha value is -3.23. The molecule has 1 unspecified atom stereocenters. The third-order valence-electron chi connectivity index (χ3n) is 10.5. The van der Waals surface area contributed by atoms with Crippen molar-refractivity contribution in [2.45, 2.75) is 75.8 Å². The Kier molecular flexibility index (Phi) is 9.51. The maximum absolute atomic E-state index is 14.1. The van der Waals surface area contributed by atoms with Gasteiger partial charge in [-0.05, 0) is 72.7 Å². The van der Waals surface area contributed by atoms with Gasteiger partial charge < -0.3 is 19.7 Å². The molecule has 44 heavy (non-hydrogen) atoms. The van der Waals surface area contributed by atoms with Crippen LogP contribution in [0.25, 0.3) is 0 Å². The smallest absolute Gasteiger partial charge is 0.332 e. The molecule has 2 N–H and O–H groups in total. The highest BCUT2D eigenvalue weighted by Crippen LogP contribution is 2.49. The fourth-order valence-electron chi connectivity index (χ4n) is 7.91. The molecule has 5 rings (SSSR count). The van der Waals surface area contributed by atoms with Gasteiger partial charge >= 0.3 is 5.97 Å². The quantitative estimate of drug-likeness (QED) is 0.288. The highest BCUT2D eigenvalue weighted by molar-refractivity contribution is 6.98. The standard InChI is InChI=1S/C36H48N2O5Si/c1-35(2,44(42,28-16-10-7-11-17-28)29-18-12-8-13-19-29)24-26-20-21-30-31(23-26)32(39)37-36(34(41)43-4)25-27(36)15-9-5-6-14-22-38(3)33(30)40/h7-13,15-19,26-27,30-31,42H,5-6,14,20-25H2,1-4H3,(H,37,39)/b15-9-/t26-,27?,30-,31-,36-/m1/s1. The number of methoxy groups -OCH3 is 1. The van der Waals surface area contributed by atoms with Crippen molar-refractivity contribution in [2.24, 2.45) is 23.7 Å². The van der Waals surface area contributed by atoms with E-state index in [9.17, 15) is 19.2 Å². The van der Waals surface area contributed by atoms with Crippen molar-refractivity contribution in [1.29, 1.82) is 0 Å². The van der Waals surface area contributed by atoms with Crippen LogP contribution in [0.2, 0.25) is 5.04 Å². The van der Waals surface area contributed by atoms with E-state index < -0.39 is 36.7 Å². The Morgan fingerprint density at radius 3 is 2.27 bits per heavy atom. The third-order valence-corrected chi connectivity index (χ3v) is 15.0. The van der Waals surface area contributed by atoms with Crippen LogP contribution in [0, 0.1) is 23.7 Å². The molecule has 2 aliphatic carbocycles. The van der Waals surface area contributed by atoms with Crippen molar-refractivity contribution >= 4 is 36.5 Å². The van der Waals surface area contributed by atoms with Gasteiger partial charge in [-0.2, -0.15) is 0 Å². The van der Waals surface area contributed by atoms with Crippen molar-refractivity contribution in [3.63, 3.8) is 0 Å². The molecule has 2 saturated carbocycles. The van der Waals surface area contributed by atoms with Crippen LogP contribution in [0.15, 0.2) is 72.8 Å². The van der Waals surface area contributed by atoms with E-state index in [4.69, 9.17) is 4.74 Å². The molecule has 8 heteroatoms. The van der Waals surface area contributed by atoms with Gasteiger partial charge in [0.1, 0.15) is 5.54 Å². The lowest BCUT2D eigenvalue weighted by Gasteiger charge is -2.45. The number of carbonyl (C=O) groups is 3. The van der Waals surface area contributed by atoms with Crippen LogP contribution in [-0.4, -0.2) is 62.0 Å². The van der Waals surface area contributed by atoms with Crippen molar-refractivity contribution in [3.05, 3.63) is 72.8 Å². The number of ether oxygens (including phenoxy) is 1. The van der Waals surface area contributed by atoms with E-state index in [1.165, 1.54) is 7.11 Å². The van der Waals surface area contributed by atoms with Crippen molar-refractivity contribution in [3.8, 4) is 0 Å². The zero-order valence-corrected chi connectivity index (χ0v) is 27.6. The van der Waals surface area contributed by atoms with Crippen LogP contribution in [0.5, 0.6) is 0 Å². The van der Waals surface area contributed by atoms with E-state index in [2.05, 4.69) is 25.2 Å². The summed E-state index contributed by atoms with van der Waals surface area (Å²) in [6.07, 6.45) is 10.0. The van der Waals surface area contributed by atoms with Gasteiger partial charge in [0.25, 0.3) is 8.32 Å². The lowest BCUT2D eigenvalue weighted by Crippen LogP contribution is -2.65. The molecule has 3 aliphatic rings. The molecule has 0 saturated heterocycles. The van der Waals surface area contributed by atoms with Crippen LogP contribution in [0.4, 0.5) is 0 Å². The molecule has 0 bridgehead atoms. The molecule has 2 aromatic rings. The number of carbonyl (C=O) groups excluding carboxylic acids is 3. The van der Waals surface area contributed by atoms with Gasteiger partial charge in [0.05, 0.1) is 7.11 Å². The molecule has 2 fully saturated rings. The van der Waals surface area contributed by atoms with Gasteiger partial charge in [0.2, 0.25) is 11.8 Å². The summed E-state index contributed by atoms with van der Waals surface area (Å²) >= 11 is 0. The molecular formula is C36H48N2O5Si. The van der Waals surface area contributed by atoms with Gasteiger partial charge in [-0.1, -0.05) is 86.7 Å². The maximum atomic E-state index is 14.1. The SMILES string of the molecule is COC(=O)[C@@]12CC1/C=C\CCCCN(C)C(=O)[C@@H]1CC[C@@H](CC(C)(C)[Si](O)(c3ccccc3)c3ccccc3)C[C@H]1C(=O)N2. The topological polar surface area (TPSA) is 95.9 Å². The number of nitrogens with one attached hydrogen (secondary N) is 1. The van der Waals surface area contributed by atoms with Crippen molar-refractivity contribution in [2.75, 3.05) is 20.7 Å². The first-order valence-electron chi connectivity index (χ1n) is 16.2. The van der Waals surface area contributed by atoms with E-state index in [1.54, 1.807) is 4.90 Å². The Balaban J connectivity index is 1.44. The number of fused-ring (bicyclic) bond motifs is 2. The van der Waals surface area contributed by atoms with Crippen molar-refractivity contribution < 1.29 is 23.9 Å². The fourth-order valence-corrected chi connectivity index (χ4v) is 11.7. The Bertz CT molecular complexity index is 1320. The minimum Gasteiger partial charge on any atom is -0.467 e. The Morgan fingerprint density at radius 2 is 1.66 bits per heavy atom. The average molecular weight is 617 g/mol. The summed E-state index contributed by atoms with van der Waals surface area (Å²) in [6, 6.07) is 20.0. The lowest BCUT2D eigenvalue weighted by atomic mass is 9.70. The molecule has 5 atom stereocenters. The largest absolute Gasteiger partial charge is 0.467 e. The molecular weight excluding hydrogens is 568 g/mol. The normalized spacial score (nSPS) is 29.0. The molecule has 2 aromatic carbocycles. The molecule has 0 aromatic heterocycles. The molecule has 1 heterocycles. The van der Waals surface area contributed by atoms with Crippen LogP contribution in [0.1, 0.15) is 65.2 Å². The van der Waals surface area contributed by atoms with Crippen LogP contribution in [-0.2, 0) is 19.1 Å². The number of allylic oxidation sites excluding steroid dienone is 1. The zero-order valence-electron chi connectivity index (χ0n) is 26.6. The van der Waals surface area contributed by atoms with Crippen molar-refractivity contribution in [1.82, 2.24) is 10.2 Å². The van der Waals surface area contributed by atoms with Gasteiger partial charge in [-0.3, -0.25) is 9.59 Å². The maximum Gasteiger partial charge on any atom is 0.332 e. The number of rotatable bonds is 6. The van der Waals surface area contributed by atoms with Gasteiger partial charge in [0, 0.05) is 31.3 Å². The summed E-state index contributed by atoms with van der Waals surface area (Å²) in [5, 5.41) is 4.56. The zero-order chi connectivity index (χ0) is 31.5. The van der Waals surface area contributed by atoms with Gasteiger partial charge in [-0.25, -0.2) is 4.79 Å². The number of amides is 2. The fraction of sp³-hybridized carbons (Fsp3) is 0.528. The van der Waals surface area contributed by atoms with E-state index in [1.807, 2.05) is 73.8 Å². The number of nitrogens with zero attached hydrogens (tertiary/aromatic N) is 1. The molecule has 2 amide bonds. The lowest BCUT2D eigenvalue weighted by molar-refractivity contribution is -0.149. The number of hydrogen-bond donors (Lipinski definition) is 2. The van der Waals surface area contributed by atoms with Crippen LogP contribution >= 0.6 is 0 Å². The number of benzene rings is 2. The number of hydrogen-bond acceptors (Lipinski definition) is 5. The molecule has 0 radical (unpaired) electrons. The summed E-state index contributed by atoms with van der Waals surface area (Å²) < 4.78 is 5.15. The van der Waals surface area contributed by atoms with E-state index in [0.717, 1.165) is 36.1 Å². The van der Waals surface area contributed by atoms with Crippen LogP contribution in [0.3, 0.4) is 0 Å². The Labute approximate surface area is 263 Å². The highest BCUT2D eigenvalue weighted by Gasteiger charge is 2.62.